The van der Waals surface area contributed by atoms with E-state index in [4.69, 9.17) is 16.6 Å². The van der Waals surface area contributed by atoms with Crippen molar-refractivity contribution in [1.29, 1.82) is 0 Å². The Morgan fingerprint density at radius 2 is 1.71 bits per heavy atom. The normalized spacial score (nSPS) is 15.9. The number of carbonyl (C=O) groups excluding carboxylic acids is 1. The number of carboxylic acid groups (broad SMARTS) is 1. The summed E-state index contributed by atoms with van der Waals surface area (Å²) < 4.78 is 0. The SMILES string of the molecule is CC(N)C(=O)C(c1ccccc1)C(N)C(=O)O. The Balaban J connectivity index is 3.12. The van der Waals surface area contributed by atoms with Crippen molar-refractivity contribution in [3.8, 4) is 0 Å². The van der Waals surface area contributed by atoms with Gasteiger partial charge < -0.3 is 16.6 Å². The minimum atomic E-state index is -1.28. The number of carboxylic acids is 1. The predicted molar refractivity (Wildman–Crippen MR) is 63.5 cm³/mol. The highest BCUT2D eigenvalue weighted by Crippen LogP contribution is 2.21. The van der Waals surface area contributed by atoms with Crippen molar-refractivity contribution in [2.45, 2.75) is 24.9 Å². The van der Waals surface area contributed by atoms with Crippen LogP contribution >= 0.6 is 0 Å². The lowest BCUT2D eigenvalue weighted by Crippen LogP contribution is -2.45. The van der Waals surface area contributed by atoms with Crippen molar-refractivity contribution in [2.75, 3.05) is 0 Å². The van der Waals surface area contributed by atoms with Crippen LogP contribution in [0.1, 0.15) is 18.4 Å². The summed E-state index contributed by atoms with van der Waals surface area (Å²) in [6.45, 7) is 1.52. The number of hydrogen-bond donors (Lipinski definition) is 3. The van der Waals surface area contributed by atoms with Gasteiger partial charge in [0.25, 0.3) is 0 Å². The fraction of sp³-hybridized carbons (Fsp3) is 0.333. The van der Waals surface area contributed by atoms with Crippen LogP contribution in [0.2, 0.25) is 0 Å². The molecule has 1 rings (SSSR count). The maximum atomic E-state index is 11.9. The van der Waals surface area contributed by atoms with Crippen LogP contribution in [0.5, 0.6) is 0 Å². The van der Waals surface area contributed by atoms with Gasteiger partial charge in [0.2, 0.25) is 0 Å². The molecule has 17 heavy (non-hydrogen) atoms. The van der Waals surface area contributed by atoms with Gasteiger partial charge >= 0.3 is 5.97 Å². The van der Waals surface area contributed by atoms with Gasteiger partial charge in [-0.15, -0.1) is 0 Å². The van der Waals surface area contributed by atoms with Crippen molar-refractivity contribution in [3.05, 3.63) is 35.9 Å². The number of aliphatic carboxylic acids is 1. The number of ketones is 1. The first-order valence-electron chi connectivity index (χ1n) is 5.27. The second-order valence-electron chi connectivity index (χ2n) is 3.94. The van der Waals surface area contributed by atoms with E-state index in [0.29, 0.717) is 5.56 Å². The zero-order valence-corrected chi connectivity index (χ0v) is 9.54. The molecule has 1 aromatic rings. The Hall–Kier alpha value is -1.72. The van der Waals surface area contributed by atoms with Gasteiger partial charge in [0.05, 0.1) is 12.0 Å². The number of Topliss-reactive ketones (excluding diaryl/α,β-unsaturated/α-hetero) is 1. The van der Waals surface area contributed by atoms with Gasteiger partial charge in [-0.3, -0.25) is 9.59 Å². The molecule has 3 atom stereocenters. The molecule has 92 valence electrons. The molecule has 1 aromatic carbocycles. The average molecular weight is 236 g/mol. The largest absolute Gasteiger partial charge is 0.480 e. The van der Waals surface area contributed by atoms with E-state index in [-0.39, 0.29) is 5.78 Å². The molecule has 0 bridgehead atoms. The topological polar surface area (TPSA) is 106 Å². The first kappa shape index (κ1) is 13.3. The molecule has 0 saturated carbocycles. The van der Waals surface area contributed by atoms with Gasteiger partial charge in [0, 0.05) is 0 Å². The van der Waals surface area contributed by atoms with Crippen LogP contribution in [0.3, 0.4) is 0 Å². The molecule has 5 nitrogen and oxygen atoms in total. The fourth-order valence-corrected chi connectivity index (χ4v) is 1.63. The van der Waals surface area contributed by atoms with Crippen molar-refractivity contribution < 1.29 is 14.7 Å². The summed E-state index contributed by atoms with van der Waals surface area (Å²) in [4.78, 5) is 22.8. The summed E-state index contributed by atoms with van der Waals surface area (Å²) in [5.41, 5.74) is 11.6. The molecule has 0 radical (unpaired) electrons. The highest BCUT2D eigenvalue weighted by atomic mass is 16.4. The Kier molecular flexibility index (Phi) is 4.37. The lowest BCUT2D eigenvalue weighted by atomic mass is 9.85. The molecule has 0 aliphatic heterocycles. The van der Waals surface area contributed by atoms with Crippen LogP contribution in [0.4, 0.5) is 0 Å². The summed E-state index contributed by atoms with van der Waals surface area (Å²) in [6.07, 6.45) is 0. The molecule has 0 heterocycles. The van der Waals surface area contributed by atoms with Gasteiger partial charge in [-0.1, -0.05) is 30.3 Å². The second kappa shape index (κ2) is 5.56. The third-order valence-electron chi connectivity index (χ3n) is 2.56. The fourth-order valence-electron chi connectivity index (χ4n) is 1.63. The minimum absolute atomic E-state index is 0.369. The van der Waals surface area contributed by atoms with E-state index in [1.807, 2.05) is 0 Å². The smallest absolute Gasteiger partial charge is 0.321 e. The third kappa shape index (κ3) is 3.12. The van der Waals surface area contributed by atoms with E-state index in [1.165, 1.54) is 6.92 Å². The minimum Gasteiger partial charge on any atom is -0.480 e. The molecule has 0 aromatic heterocycles. The number of hydrogen-bond acceptors (Lipinski definition) is 4. The van der Waals surface area contributed by atoms with E-state index in [0.717, 1.165) is 0 Å². The van der Waals surface area contributed by atoms with Crippen LogP contribution in [0.25, 0.3) is 0 Å². The van der Waals surface area contributed by atoms with E-state index in [1.54, 1.807) is 30.3 Å². The van der Waals surface area contributed by atoms with Crippen molar-refractivity contribution in [3.63, 3.8) is 0 Å². The van der Waals surface area contributed by atoms with E-state index >= 15 is 0 Å². The Morgan fingerprint density at radius 3 is 2.12 bits per heavy atom. The second-order valence-corrected chi connectivity index (χ2v) is 3.94. The maximum Gasteiger partial charge on any atom is 0.321 e. The summed E-state index contributed by atoms with van der Waals surface area (Å²) in [6, 6.07) is 6.56. The van der Waals surface area contributed by atoms with Gasteiger partial charge in [-0.25, -0.2) is 0 Å². The van der Waals surface area contributed by atoms with Gasteiger partial charge in [-0.05, 0) is 12.5 Å². The van der Waals surface area contributed by atoms with Crippen molar-refractivity contribution in [2.24, 2.45) is 11.5 Å². The lowest BCUT2D eigenvalue weighted by Gasteiger charge is -2.21. The molecule has 5 N–H and O–H groups in total. The quantitative estimate of drug-likeness (QED) is 0.672. The van der Waals surface area contributed by atoms with Gasteiger partial charge in [0.15, 0.2) is 5.78 Å². The molecule has 0 amide bonds. The number of nitrogens with two attached hydrogens (primary N) is 2. The highest BCUT2D eigenvalue weighted by Gasteiger charge is 2.33. The summed E-state index contributed by atoms with van der Waals surface area (Å²) in [5.74, 6) is -2.49. The van der Waals surface area contributed by atoms with Crippen LogP contribution in [0, 0.1) is 0 Å². The third-order valence-corrected chi connectivity index (χ3v) is 2.56. The maximum absolute atomic E-state index is 11.9. The molecular formula is C12H16N2O3. The van der Waals surface area contributed by atoms with Crippen molar-refractivity contribution >= 4 is 11.8 Å². The van der Waals surface area contributed by atoms with Crippen molar-refractivity contribution in [1.82, 2.24) is 0 Å². The molecule has 3 unspecified atom stereocenters. The van der Waals surface area contributed by atoms with E-state index in [9.17, 15) is 9.59 Å². The van der Waals surface area contributed by atoms with Crippen LogP contribution < -0.4 is 11.5 Å². The lowest BCUT2D eigenvalue weighted by molar-refractivity contribution is -0.141. The predicted octanol–water partition coefficient (Wildman–Crippen LogP) is 0.0984. The number of benzene rings is 1. The first-order valence-corrected chi connectivity index (χ1v) is 5.27. The molecule has 0 aliphatic carbocycles. The van der Waals surface area contributed by atoms with Crippen LogP contribution in [0.15, 0.2) is 30.3 Å². The van der Waals surface area contributed by atoms with E-state index in [2.05, 4.69) is 0 Å². The Bertz CT molecular complexity index is 403. The summed E-state index contributed by atoms with van der Waals surface area (Å²) in [7, 11) is 0. The zero-order chi connectivity index (χ0) is 13.0. The number of rotatable bonds is 5. The van der Waals surface area contributed by atoms with E-state index < -0.39 is 24.0 Å². The zero-order valence-electron chi connectivity index (χ0n) is 9.54. The molecular weight excluding hydrogens is 220 g/mol. The average Bonchev–Trinajstić information content (AvgIpc) is 2.30. The standard InChI is InChI=1S/C12H16N2O3/c1-7(13)11(15)9(10(14)12(16)17)8-5-3-2-4-6-8/h2-7,9-10H,13-14H2,1H3,(H,16,17). The van der Waals surface area contributed by atoms with Crippen LogP contribution in [-0.2, 0) is 9.59 Å². The van der Waals surface area contributed by atoms with Gasteiger partial charge in [0.1, 0.15) is 6.04 Å². The summed E-state index contributed by atoms with van der Waals surface area (Å²) in [5, 5.41) is 8.93. The Labute approximate surface area is 99.4 Å². The van der Waals surface area contributed by atoms with Gasteiger partial charge in [-0.2, -0.15) is 0 Å². The molecule has 0 fully saturated rings. The highest BCUT2D eigenvalue weighted by molar-refractivity contribution is 5.95. The molecule has 0 saturated heterocycles. The molecule has 0 spiro atoms. The number of carbonyl (C=O) groups is 2. The first-order chi connectivity index (χ1) is 7.95. The molecule has 0 aliphatic rings. The van der Waals surface area contributed by atoms with Crippen LogP contribution in [-0.4, -0.2) is 28.9 Å². The summed E-state index contributed by atoms with van der Waals surface area (Å²) >= 11 is 0. The Morgan fingerprint density at radius 1 is 1.18 bits per heavy atom. The monoisotopic (exact) mass is 236 g/mol. The molecule has 5 heteroatoms.